The van der Waals surface area contributed by atoms with Crippen LogP contribution in [0.1, 0.15) is 0 Å². The molecular weight excluding hydrogens is 140 g/mol. The Hall–Kier alpha value is -1.22. The number of aliphatic hydroxyl groups is 1. The van der Waals surface area contributed by atoms with Crippen molar-refractivity contribution in [2.45, 2.75) is 0 Å². The van der Waals surface area contributed by atoms with Gasteiger partial charge >= 0.3 is 0 Å². The first-order valence-electron chi connectivity index (χ1n) is 3.45. The van der Waals surface area contributed by atoms with Crippen LogP contribution in [0.3, 0.4) is 0 Å². The Kier molecular flexibility index (Phi) is 2.74. The van der Waals surface area contributed by atoms with Crippen molar-refractivity contribution in [3.63, 3.8) is 0 Å². The molecule has 1 rings (SSSR count). The summed E-state index contributed by atoms with van der Waals surface area (Å²) in [6, 6.07) is 8.14. The molecule has 0 heterocycles. The molecular formula is C8H11N2O. The van der Waals surface area contributed by atoms with E-state index in [9.17, 15) is 0 Å². The van der Waals surface area contributed by atoms with Crippen LogP contribution in [-0.2, 0) is 0 Å². The van der Waals surface area contributed by atoms with Crippen LogP contribution in [0.15, 0.2) is 18.2 Å². The van der Waals surface area contributed by atoms with Gasteiger partial charge in [0.25, 0.3) is 0 Å². The maximum absolute atomic E-state index is 8.51. The molecule has 0 aliphatic carbocycles. The van der Waals surface area contributed by atoms with E-state index in [1.807, 2.05) is 6.07 Å². The van der Waals surface area contributed by atoms with Crippen LogP contribution in [0.25, 0.3) is 0 Å². The van der Waals surface area contributed by atoms with Crippen molar-refractivity contribution < 1.29 is 5.11 Å². The number of benzene rings is 1. The van der Waals surface area contributed by atoms with Gasteiger partial charge in [-0.25, -0.2) is 0 Å². The van der Waals surface area contributed by atoms with Crippen molar-refractivity contribution in [3.05, 3.63) is 24.3 Å². The van der Waals surface area contributed by atoms with Gasteiger partial charge in [0, 0.05) is 6.54 Å². The van der Waals surface area contributed by atoms with E-state index in [2.05, 4.69) is 11.4 Å². The molecule has 0 fully saturated rings. The van der Waals surface area contributed by atoms with Crippen LogP contribution in [0.4, 0.5) is 11.4 Å². The van der Waals surface area contributed by atoms with Gasteiger partial charge in [0.15, 0.2) is 0 Å². The summed E-state index contributed by atoms with van der Waals surface area (Å²) in [6.45, 7) is 0.631. The molecule has 0 aliphatic rings. The van der Waals surface area contributed by atoms with Crippen LogP contribution in [-0.4, -0.2) is 18.3 Å². The lowest BCUT2D eigenvalue weighted by Gasteiger charge is -2.05. The Morgan fingerprint density at radius 2 is 2.45 bits per heavy atom. The summed E-state index contributed by atoms with van der Waals surface area (Å²) in [4.78, 5) is 0. The van der Waals surface area contributed by atoms with Crippen LogP contribution >= 0.6 is 0 Å². The lowest BCUT2D eigenvalue weighted by molar-refractivity contribution is 0.311. The predicted octanol–water partition coefficient (Wildman–Crippen LogP) is 0.473. The maximum Gasteiger partial charge on any atom is 0.0604 e. The van der Waals surface area contributed by atoms with Gasteiger partial charge in [-0.2, -0.15) is 0 Å². The van der Waals surface area contributed by atoms with Gasteiger partial charge in [0.1, 0.15) is 0 Å². The number of hydrogen-bond donors (Lipinski definition) is 3. The van der Waals surface area contributed by atoms with Crippen molar-refractivity contribution in [1.29, 1.82) is 0 Å². The third-order valence-electron chi connectivity index (χ3n) is 1.32. The highest BCUT2D eigenvalue weighted by Crippen LogP contribution is 2.15. The Morgan fingerprint density at radius 1 is 1.64 bits per heavy atom. The molecule has 3 nitrogen and oxygen atoms in total. The fraction of sp³-hybridized carbons (Fsp3) is 0.250. The average molecular weight is 151 g/mol. The lowest BCUT2D eigenvalue weighted by Crippen LogP contribution is -2.06. The Morgan fingerprint density at radius 3 is 3.09 bits per heavy atom. The van der Waals surface area contributed by atoms with Gasteiger partial charge in [-0.3, -0.25) is 0 Å². The highest BCUT2D eigenvalue weighted by atomic mass is 16.3. The Balaban J connectivity index is 2.62. The van der Waals surface area contributed by atoms with Gasteiger partial charge in [-0.05, 0) is 18.2 Å². The fourth-order valence-electron chi connectivity index (χ4n) is 0.795. The summed E-state index contributed by atoms with van der Waals surface area (Å²) in [5, 5.41) is 11.5. The van der Waals surface area contributed by atoms with Crippen molar-refractivity contribution in [3.8, 4) is 0 Å². The second-order valence-electron chi connectivity index (χ2n) is 2.16. The van der Waals surface area contributed by atoms with Crippen molar-refractivity contribution >= 4 is 11.4 Å². The van der Waals surface area contributed by atoms with E-state index in [0.717, 1.165) is 5.69 Å². The topological polar surface area (TPSA) is 58.3 Å². The van der Waals surface area contributed by atoms with Crippen LogP contribution in [0, 0.1) is 6.07 Å². The molecule has 0 bridgehead atoms. The molecule has 0 saturated heterocycles. The first-order chi connectivity index (χ1) is 5.34. The second kappa shape index (κ2) is 3.83. The van der Waals surface area contributed by atoms with Gasteiger partial charge in [0.2, 0.25) is 0 Å². The van der Waals surface area contributed by atoms with Crippen LogP contribution < -0.4 is 11.1 Å². The maximum atomic E-state index is 8.51. The minimum absolute atomic E-state index is 0.109. The largest absolute Gasteiger partial charge is 0.397 e. The van der Waals surface area contributed by atoms with E-state index < -0.39 is 0 Å². The van der Waals surface area contributed by atoms with E-state index in [1.54, 1.807) is 12.1 Å². The molecule has 1 aromatic rings. The first kappa shape index (κ1) is 7.88. The van der Waals surface area contributed by atoms with E-state index in [4.69, 9.17) is 10.8 Å². The zero-order valence-corrected chi connectivity index (χ0v) is 6.17. The van der Waals surface area contributed by atoms with E-state index in [-0.39, 0.29) is 6.61 Å². The zero-order valence-electron chi connectivity index (χ0n) is 6.17. The first-order valence-corrected chi connectivity index (χ1v) is 3.45. The Labute approximate surface area is 65.8 Å². The van der Waals surface area contributed by atoms with Crippen molar-refractivity contribution in [2.75, 3.05) is 24.2 Å². The number of nitrogens with one attached hydrogen (secondary N) is 1. The summed E-state index contributed by atoms with van der Waals surface area (Å²) in [6.07, 6.45) is 0. The predicted molar refractivity (Wildman–Crippen MR) is 45.3 cm³/mol. The molecule has 1 aromatic carbocycles. The summed E-state index contributed by atoms with van der Waals surface area (Å²) in [5.74, 6) is 0. The standard InChI is InChI=1S/C8H11N2O/c9-7-3-1-2-4-8(7)10-5-6-11/h2-4,10-11H,5-6,9H2. The second-order valence-corrected chi connectivity index (χ2v) is 2.16. The molecule has 0 saturated carbocycles. The molecule has 4 N–H and O–H groups in total. The number of anilines is 2. The Bertz CT molecular complexity index is 225. The number of aliphatic hydroxyl groups excluding tert-OH is 1. The molecule has 0 amide bonds. The summed E-state index contributed by atoms with van der Waals surface area (Å²) in [5.41, 5.74) is 7.08. The van der Waals surface area contributed by atoms with E-state index in [0.29, 0.717) is 12.2 Å². The van der Waals surface area contributed by atoms with Crippen molar-refractivity contribution in [2.24, 2.45) is 0 Å². The van der Waals surface area contributed by atoms with Crippen LogP contribution in [0.5, 0.6) is 0 Å². The third kappa shape index (κ3) is 2.13. The molecule has 11 heavy (non-hydrogen) atoms. The van der Waals surface area contributed by atoms with Gasteiger partial charge in [-0.15, -0.1) is 0 Å². The number of hydrogen-bond acceptors (Lipinski definition) is 3. The zero-order chi connectivity index (χ0) is 8.10. The van der Waals surface area contributed by atoms with E-state index >= 15 is 0 Å². The van der Waals surface area contributed by atoms with E-state index in [1.165, 1.54) is 0 Å². The quantitative estimate of drug-likeness (QED) is 0.550. The number of nitrogen functional groups attached to an aromatic ring is 1. The van der Waals surface area contributed by atoms with Crippen LogP contribution in [0.2, 0.25) is 0 Å². The summed E-state index contributed by atoms with van der Waals surface area (Å²) >= 11 is 0. The highest BCUT2D eigenvalue weighted by molar-refractivity contribution is 5.65. The minimum atomic E-state index is 0.109. The molecule has 0 unspecified atom stereocenters. The molecule has 0 spiro atoms. The molecule has 3 heteroatoms. The molecule has 0 aliphatic heterocycles. The number of rotatable bonds is 3. The minimum Gasteiger partial charge on any atom is -0.397 e. The van der Waals surface area contributed by atoms with Gasteiger partial charge in [-0.1, -0.05) is 6.07 Å². The fourth-order valence-corrected chi connectivity index (χ4v) is 0.795. The SMILES string of the molecule is Nc1c[c]ccc1NCCO. The highest BCUT2D eigenvalue weighted by Gasteiger charge is 1.93. The van der Waals surface area contributed by atoms with Gasteiger partial charge < -0.3 is 16.2 Å². The average Bonchev–Trinajstić information content (AvgIpc) is 2.03. The summed E-state index contributed by atoms with van der Waals surface area (Å²) in [7, 11) is 0. The molecule has 0 aromatic heterocycles. The normalized spacial score (nSPS) is 9.55. The third-order valence-corrected chi connectivity index (χ3v) is 1.32. The molecule has 1 radical (unpaired) electrons. The van der Waals surface area contributed by atoms with Crippen molar-refractivity contribution in [1.82, 2.24) is 0 Å². The van der Waals surface area contributed by atoms with Gasteiger partial charge in [0.05, 0.1) is 18.0 Å². The summed E-state index contributed by atoms with van der Waals surface area (Å²) < 4.78 is 0. The lowest BCUT2D eigenvalue weighted by atomic mass is 10.3. The smallest absolute Gasteiger partial charge is 0.0604 e. The molecule has 0 atom stereocenters. The number of nitrogens with two attached hydrogens (primary N) is 1. The molecule has 59 valence electrons. The monoisotopic (exact) mass is 151 g/mol.